The molecule has 0 saturated carbocycles. The van der Waals surface area contributed by atoms with Gasteiger partial charge in [-0.15, -0.1) is 0 Å². The number of nitrogens with one attached hydrogen (secondary N) is 3. The number of aromatic nitrogens is 3. The molecule has 26 heavy (non-hydrogen) atoms. The van der Waals surface area contributed by atoms with Gasteiger partial charge in [-0.2, -0.15) is 0 Å². The highest BCUT2D eigenvalue weighted by Crippen LogP contribution is 2.16. The number of nitrogens with zero attached hydrogens (tertiary/aromatic N) is 2. The molecule has 132 valence electrons. The molecule has 0 aliphatic carbocycles. The van der Waals surface area contributed by atoms with Crippen molar-refractivity contribution >= 4 is 22.7 Å². The topological polar surface area (TPSA) is 111 Å². The molecule has 1 aliphatic heterocycles. The SMILES string of the molecule is Cc1cc(C(=O)N2CC(NC(=O)c3cc4cnccc4[nH]3)C2)cc(=O)[nH]1. The van der Waals surface area contributed by atoms with Crippen LogP contribution in [-0.2, 0) is 0 Å². The molecule has 0 bridgehead atoms. The molecule has 3 aromatic heterocycles. The summed E-state index contributed by atoms with van der Waals surface area (Å²) in [6.07, 6.45) is 3.35. The van der Waals surface area contributed by atoms with Crippen LogP contribution in [-0.4, -0.2) is 50.8 Å². The Morgan fingerprint density at radius 1 is 1.23 bits per heavy atom. The van der Waals surface area contributed by atoms with Crippen molar-refractivity contribution in [1.29, 1.82) is 0 Å². The summed E-state index contributed by atoms with van der Waals surface area (Å²) in [6.45, 7) is 2.56. The highest BCUT2D eigenvalue weighted by molar-refractivity contribution is 5.98. The smallest absolute Gasteiger partial charge is 0.268 e. The maximum atomic E-state index is 12.4. The number of H-pyrrole nitrogens is 2. The van der Waals surface area contributed by atoms with Gasteiger partial charge in [0, 0.05) is 53.7 Å². The van der Waals surface area contributed by atoms with Crippen LogP contribution in [0.25, 0.3) is 10.9 Å². The van der Waals surface area contributed by atoms with Crippen LogP contribution in [0.15, 0.2) is 41.5 Å². The van der Waals surface area contributed by atoms with Crippen molar-refractivity contribution in [2.24, 2.45) is 0 Å². The molecule has 0 atom stereocenters. The molecule has 0 spiro atoms. The molecule has 1 aliphatic rings. The van der Waals surface area contributed by atoms with E-state index in [9.17, 15) is 14.4 Å². The zero-order chi connectivity index (χ0) is 18.3. The van der Waals surface area contributed by atoms with Crippen molar-refractivity contribution in [2.75, 3.05) is 13.1 Å². The molecule has 3 aromatic rings. The van der Waals surface area contributed by atoms with E-state index in [-0.39, 0.29) is 23.4 Å². The van der Waals surface area contributed by atoms with Crippen molar-refractivity contribution < 1.29 is 9.59 Å². The van der Waals surface area contributed by atoms with Crippen LogP contribution in [0.5, 0.6) is 0 Å². The second kappa shape index (κ2) is 6.14. The lowest BCUT2D eigenvalue weighted by molar-refractivity contribution is 0.0541. The van der Waals surface area contributed by atoms with Gasteiger partial charge >= 0.3 is 0 Å². The molecule has 0 aromatic carbocycles. The molecule has 4 heterocycles. The van der Waals surface area contributed by atoms with E-state index in [1.165, 1.54) is 6.07 Å². The van der Waals surface area contributed by atoms with Crippen molar-refractivity contribution in [3.05, 3.63) is 64.0 Å². The second-order valence-corrected chi connectivity index (χ2v) is 6.44. The van der Waals surface area contributed by atoms with Crippen molar-refractivity contribution in [3.8, 4) is 0 Å². The normalized spacial score (nSPS) is 14.3. The third-order valence-corrected chi connectivity index (χ3v) is 4.40. The summed E-state index contributed by atoms with van der Waals surface area (Å²) in [5.74, 6) is -0.424. The predicted octanol–water partition coefficient (Wildman–Crippen LogP) is 0.814. The van der Waals surface area contributed by atoms with Gasteiger partial charge in [-0.05, 0) is 25.1 Å². The molecule has 1 saturated heterocycles. The van der Waals surface area contributed by atoms with E-state index in [4.69, 9.17) is 0 Å². The summed E-state index contributed by atoms with van der Waals surface area (Å²) in [5, 5.41) is 3.77. The fourth-order valence-electron chi connectivity index (χ4n) is 3.08. The number of hydrogen-bond acceptors (Lipinski definition) is 4. The van der Waals surface area contributed by atoms with E-state index in [1.54, 1.807) is 42.4 Å². The lowest BCUT2D eigenvalue weighted by Gasteiger charge is -2.39. The molecular formula is C18H17N5O3. The maximum absolute atomic E-state index is 12.4. The minimum absolute atomic E-state index is 0.112. The molecule has 0 unspecified atom stereocenters. The molecule has 4 rings (SSSR count). The molecular weight excluding hydrogens is 334 g/mol. The molecule has 2 amide bonds. The van der Waals surface area contributed by atoms with Gasteiger partial charge < -0.3 is 20.2 Å². The molecule has 8 nitrogen and oxygen atoms in total. The standard InChI is InChI=1S/C18H17N5O3/c1-10-4-11(6-16(24)20-10)18(26)23-8-13(9-23)21-17(25)15-5-12-7-19-3-2-14(12)22-15/h2-7,13,22H,8-9H2,1H3,(H,20,24)(H,21,25). The Kier molecular flexibility index (Phi) is 3.80. The summed E-state index contributed by atoms with van der Waals surface area (Å²) in [5.41, 5.74) is 2.01. The van der Waals surface area contributed by atoms with Gasteiger partial charge in [-0.25, -0.2) is 0 Å². The number of pyridine rings is 2. The second-order valence-electron chi connectivity index (χ2n) is 6.44. The fraction of sp³-hybridized carbons (Fsp3) is 0.222. The number of rotatable bonds is 3. The summed E-state index contributed by atoms with van der Waals surface area (Å²) in [6, 6.07) is 6.38. The quantitative estimate of drug-likeness (QED) is 0.648. The predicted molar refractivity (Wildman–Crippen MR) is 95.1 cm³/mol. The molecule has 3 N–H and O–H groups in total. The van der Waals surface area contributed by atoms with Gasteiger partial charge in [0.1, 0.15) is 5.69 Å². The lowest BCUT2D eigenvalue weighted by Crippen LogP contribution is -2.61. The summed E-state index contributed by atoms with van der Waals surface area (Å²) in [4.78, 5) is 47.5. The third-order valence-electron chi connectivity index (χ3n) is 4.40. The Balaban J connectivity index is 1.38. The van der Waals surface area contributed by atoms with Gasteiger partial charge in [0.25, 0.3) is 11.8 Å². The van der Waals surface area contributed by atoms with E-state index >= 15 is 0 Å². The van der Waals surface area contributed by atoms with Crippen LogP contribution in [0.1, 0.15) is 26.5 Å². The zero-order valence-electron chi connectivity index (χ0n) is 14.1. The number of fused-ring (bicyclic) bond motifs is 1. The number of hydrogen-bond donors (Lipinski definition) is 3. The summed E-state index contributed by atoms with van der Waals surface area (Å²) >= 11 is 0. The van der Waals surface area contributed by atoms with E-state index in [0.717, 1.165) is 10.9 Å². The van der Waals surface area contributed by atoms with Gasteiger partial charge in [-0.1, -0.05) is 0 Å². The van der Waals surface area contributed by atoms with Gasteiger partial charge in [-0.3, -0.25) is 19.4 Å². The minimum Gasteiger partial charge on any atom is -0.350 e. The molecule has 1 fully saturated rings. The largest absolute Gasteiger partial charge is 0.350 e. The number of carbonyl (C=O) groups excluding carboxylic acids is 2. The molecule has 0 radical (unpaired) electrons. The Morgan fingerprint density at radius 3 is 2.77 bits per heavy atom. The number of amides is 2. The zero-order valence-corrected chi connectivity index (χ0v) is 14.1. The van der Waals surface area contributed by atoms with E-state index < -0.39 is 0 Å². The summed E-state index contributed by atoms with van der Waals surface area (Å²) in [7, 11) is 0. The first-order valence-electron chi connectivity index (χ1n) is 8.23. The average Bonchev–Trinajstić information content (AvgIpc) is 3.00. The van der Waals surface area contributed by atoms with Crippen molar-refractivity contribution in [1.82, 2.24) is 25.2 Å². The minimum atomic E-state index is -0.299. The first kappa shape index (κ1) is 16.1. The first-order valence-corrected chi connectivity index (χ1v) is 8.23. The maximum Gasteiger partial charge on any atom is 0.268 e. The number of aryl methyl sites for hydroxylation is 1. The highest BCUT2D eigenvalue weighted by Gasteiger charge is 2.32. The Labute approximate surface area is 148 Å². The number of carbonyl (C=O) groups is 2. The first-order chi connectivity index (χ1) is 12.5. The highest BCUT2D eigenvalue weighted by atomic mass is 16.2. The monoisotopic (exact) mass is 351 g/mol. The Morgan fingerprint density at radius 2 is 2.04 bits per heavy atom. The van der Waals surface area contributed by atoms with Crippen LogP contribution >= 0.6 is 0 Å². The lowest BCUT2D eigenvalue weighted by atomic mass is 10.1. The van der Waals surface area contributed by atoms with Gasteiger partial charge in [0.15, 0.2) is 0 Å². The van der Waals surface area contributed by atoms with Gasteiger partial charge in [0.2, 0.25) is 5.56 Å². The fourth-order valence-corrected chi connectivity index (χ4v) is 3.08. The van der Waals surface area contributed by atoms with Crippen LogP contribution in [0.3, 0.4) is 0 Å². The van der Waals surface area contributed by atoms with Crippen molar-refractivity contribution in [2.45, 2.75) is 13.0 Å². The van der Waals surface area contributed by atoms with Crippen LogP contribution in [0, 0.1) is 6.92 Å². The van der Waals surface area contributed by atoms with E-state index in [1.807, 2.05) is 0 Å². The van der Waals surface area contributed by atoms with Crippen LogP contribution in [0.2, 0.25) is 0 Å². The van der Waals surface area contributed by atoms with Crippen molar-refractivity contribution in [3.63, 3.8) is 0 Å². The number of aromatic amines is 2. The average molecular weight is 351 g/mol. The van der Waals surface area contributed by atoms with Gasteiger partial charge in [0.05, 0.1) is 6.04 Å². The Hall–Kier alpha value is -3.42. The van der Waals surface area contributed by atoms with Crippen LogP contribution < -0.4 is 10.9 Å². The summed E-state index contributed by atoms with van der Waals surface area (Å²) < 4.78 is 0. The Bertz CT molecular complexity index is 1030. The number of likely N-dealkylation sites (tertiary alicyclic amines) is 1. The van der Waals surface area contributed by atoms with Crippen LogP contribution in [0.4, 0.5) is 0 Å². The molecule has 8 heteroatoms. The van der Waals surface area contributed by atoms with E-state index in [2.05, 4.69) is 20.3 Å². The third kappa shape index (κ3) is 2.97. The van der Waals surface area contributed by atoms with E-state index in [0.29, 0.717) is 30.0 Å².